The van der Waals surface area contributed by atoms with Crippen molar-refractivity contribution in [1.82, 2.24) is 9.47 Å². The number of ether oxygens (including phenoxy) is 3. The SMILES string of the molecule is CCN(C(=O)c1cn(-c2cc(OC)cc(OC)c2)c2cc(OCCCCCC[N+]34CCN(CC3)CC4)ccc2c1=O)c1cc(F)cc(F)c1.[I-]. The van der Waals surface area contributed by atoms with E-state index in [9.17, 15) is 18.4 Å². The standard InChI is InChI=1S/C38H45F2N4O5.HI/c1-4-42(29-20-27(39)19-28(40)21-29)38(46)35-26-43(30-22-32(47-2)24-33(23-30)48-3)36-25-31(9-10-34(36)37(35)45)49-18-8-6-5-7-14-44-15-11-41(12-16-44)13-17-44;/h9-10,19-26H,4-8,11-18H2,1-3H3;1H/q+1;/p-1. The molecule has 3 aliphatic heterocycles. The van der Waals surface area contributed by atoms with Crippen molar-refractivity contribution in [3.8, 4) is 22.9 Å². The largest absolute Gasteiger partial charge is 1.00 e. The molecule has 50 heavy (non-hydrogen) atoms. The van der Waals surface area contributed by atoms with Crippen molar-refractivity contribution in [2.24, 2.45) is 0 Å². The number of quaternary nitrogens is 1. The molecule has 2 bridgehead atoms. The molecule has 3 saturated heterocycles. The predicted molar refractivity (Wildman–Crippen MR) is 186 cm³/mol. The lowest BCUT2D eigenvalue weighted by Gasteiger charge is -2.50. The van der Waals surface area contributed by atoms with Gasteiger partial charge in [0.2, 0.25) is 5.43 Å². The molecule has 3 aliphatic rings. The molecule has 0 aliphatic carbocycles. The van der Waals surface area contributed by atoms with Crippen molar-refractivity contribution < 1.29 is 56.2 Å². The number of methoxy groups -OCH3 is 2. The minimum atomic E-state index is -0.822. The summed E-state index contributed by atoms with van der Waals surface area (Å²) in [7, 11) is 3.08. The second-order valence-corrected chi connectivity index (χ2v) is 13.0. The average molecular weight is 803 g/mol. The van der Waals surface area contributed by atoms with E-state index >= 15 is 0 Å². The number of benzene rings is 3. The Morgan fingerprint density at radius 1 is 0.840 bits per heavy atom. The molecule has 3 aromatic carbocycles. The minimum absolute atomic E-state index is 0. The van der Waals surface area contributed by atoms with Gasteiger partial charge in [-0.3, -0.25) is 14.5 Å². The summed E-state index contributed by atoms with van der Waals surface area (Å²) in [5, 5.41) is 0.285. The van der Waals surface area contributed by atoms with Crippen molar-refractivity contribution in [3.05, 3.63) is 88.2 Å². The van der Waals surface area contributed by atoms with Gasteiger partial charge in [0, 0.05) is 73.8 Å². The molecular weight excluding hydrogens is 757 g/mol. The van der Waals surface area contributed by atoms with E-state index in [2.05, 4.69) is 4.90 Å². The maximum Gasteiger partial charge on any atom is 0.263 e. The van der Waals surface area contributed by atoms with Crippen molar-refractivity contribution in [2.45, 2.75) is 32.6 Å². The fourth-order valence-corrected chi connectivity index (χ4v) is 7.14. The number of nitrogens with zero attached hydrogens (tertiary/aromatic N) is 4. The van der Waals surface area contributed by atoms with Crippen LogP contribution in [-0.4, -0.2) is 93.0 Å². The van der Waals surface area contributed by atoms with E-state index in [1.54, 1.807) is 47.9 Å². The monoisotopic (exact) mass is 802 g/mol. The topological polar surface area (TPSA) is 73.2 Å². The number of carbonyl (C=O) groups is 1. The van der Waals surface area contributed by atoms with Crippen molar-refractivity contribution in [1.29, 1.82) is 0 Å². The van der Waals surface area contributed by atoms with Gasteiger partial charge in [0.1, 0.15) is 34.4 Å². The quantitative estimate of drug-likeness (QED) is 0.111. The first kappa shape index (κ1) is 37.5. The highest BCUT2D eigenvalue weighted by molar-refractivity contribution is 6.07. The van der Waals surface area contributed by atoms with Gasteiger partial charge >= 0.3 is 0 Å². The first-order chi connectivity index (χ1) is 23.7. The molecule has 0 spiro atoms. The lowest BCUT2D eigenvalue weighted by Crippen LogP contribution is -3.00. The lowest BCUT2D eigenvalue weighted by atomic mass is 10.1. The van der Waals surface area contributed by atoms with Gasteiger partial charge in [-0.1, -0.05) is 0 Å². The van der Waals surface area contributed by atoms with Crippen LogP contribution < -0.4 is 48.5 Å². The Morgan fingerprint density at radius 2 is 1.48 bits per heavy atom. The fourth-order valence-electron chi connectivity index (χ4n) is 7.14. The zero-order chi connectivity index (χ0) is 34.5. The number of fused-ring (bicyclic) bond motifs is 4. The molecule has 4 heterocycles. The van der Waals surface area contributed by atoms with E-state index in [-0.39, 0.29) is 47.2 Å². The molecule has 0 radical (unpaired) electrons. The molecule has 0 unspecified atom stereocenters. The predicted octanol–water partition coefficient (Wildman–Crippen LogP) is 3.04. The second-order valence-electron chi connectivity index (χ2n) is 13.0. The van der Waals surface area contributed by atoms with Crippen LogP contribution in [0.3, 0.4) is 0 Å². The number of halogens is 3. The van der Waals surface area contributed by atoms with Crippen LogP contribution in [-0.2, 0) is 0 Å². The number of hydrogen-bond acceptors (Lipinski definition) is 6. The Balaban J connectivity index is 0.00000486. The van der Waals surface area contributed by atoms with E-state index < -0.39 is 23.0 Å². The lowest BCUT2D eigenvalue weighted by molar-refractivity contribution is -0.941. The smallest absolute Gasteiger partial charge is 0.263 e. The normalized spacial score (nSPS) is 18.1. The number of piperazine rings is 3. The molecule has 1 aromatic heterocycles. The highest BCUT2D eigenvalue weighted by Crippen LogP contribution is 2.30. The van der Waals surface area contributed by atoms with Crippen LogP contribution >= 0.6 is 0 Å². The molecule has 3 fully saturated rings. The summed E-state index contributed by atoms with van der Waals surface area (Å²) in [6.07, 6.45) is 5.87. The van der Waals surface area contributed by atoms with E-state index in [1.165, 1.54) is 88.5 Å². The molecule has 0 saturated carbocycles. The Labute approximate surface area is 308 Å². The van der Waals surface area contributed by atoms with E-state index in [4.69, 9.17) is 14.2 Å². The number of hydrogen-bond donors (Lipinski definition) is 0. The molecular formula is C38H45F2IN4O5. The third kappa shape index (κ3) is 8.24. The van der Waals surface area contributed by atoms with E-state index in [0.29, 0.717) is 35.1 Å². The first-order valence-electron chi connectivity index (χ1n) is 17.1. The van der Waals surface area contributed by atoms with Crippen LogP contribution in [0.2, 0.25) is 0 Å². The van der Waals surface area contributed by atoms with Gasteiger partial charge in [0.25, 0.3) is 5.91 Å². The summed E-state index contributed by atoms with van der Waals surface area (Å²) in [5.74, 6) is -0.701. The Kier molecular flexibility index (Phi) is 12.4. The summed E-state index contributed by atoms with van der Waals surface area (Å²) in [4.78, 5) is 31.6. The number of carbonyl (C=O) groups excluding carboxylic acids is 1. The van der Waals surface area contributed by atoms with Crippen LogP contribution in [0.15, 0.2) is 65.6 Å². The summed E-state index contributed by atoms with van der Waals surface area (Å²) < 4.78 is 48.4. The van der Waals surface area contributed by atoms with Crippen LogP contribution in [0.5, 0.6) is 17.2 Å². The number of amides is 1. The third-order valence-corrected chi connectivity index (χ3v) is 10.0. The van der Waals surface area contributed by atoms with Gasteiger partial charge in [0.15, 0.2) is 0 Å². The summed E-state index contributed by atoms with van der Waals surface area (Å²) in [5.41, 5.74) is 0.445. The van der Waals surface area contributed by atoms with Crippen molar-refractivity contribution in [2.75, 3.05) is 78.1 Å². The van der Waals surface area contributed by atoms with E-state index in [1.807, 2.05) is 0 Å². The van der Waals surface area contributed by atoms with Gasteiger partial charge in [-0.2, -0.15) is 0 Å². The fraction of sp³-hybridized carbons (Fsp3) is 0.421. The third-order valence-electron chi connectivity index (χ3n) is 10.0. The Bertz CT molecular complexity index is 1820. The highest BCUT2D eigenvalue weighted by Gasteiger charge is 2.37. The molecule has 0 atom stereocenters. The van der Waals surface area contributed by atoms with Crippen LogP contribution in [0.4, 0.5) is 14.5 Å². The minimum Gasteiger partial charge on any atom is -1.00 e. The maximum atomic E-state index is 14.1. The first-order valence-corrected chi connectivity index (χ1v) is 17.1. The zero-order valence-electron chi connectivity index (χ0n) is 28.9. The number of unbranched alkanes of at least 4 members (excludes halogenated alkanes) is 3. The second kappa shape index (κ2) is 16.5. The number of rotatable bonds is 14. The van der Waals surface area contributed by atoms with Crippen molar-refractivity contribution >= 4 is 22.5 Å². The molecule has 4 aromatic rings. The Morgan fingerprint density at radius 3 is 2.10 bits per heavy atom. The summed E-state index contributed by atoms with van der Waals surface area (Å²) in [6.45, 7) is 11.2. The van der Waals surface area contributed by atoms with Crippen LogP contribution in [0.25, 0.3) is 16.6 Å². The number of anilines is 1. The number of pyridine rings is 1. The molecule has 1 amide bonds. The van der Waals surface area contributed by atoms with Crippen LogP contribution in [0, 0.1) is 11.6 Å². The molecule has 9 nitrogen and oxygen atoms in total. The summed E-state index contributed by atoms with van der Waals surface area (Å²) in [6, 6.07) is 13.3. The van der Waals surface area contributed by atoms with Gasteiger partial charge in [-0.15, -0.1) is 0 Å². The number of aromatic nitrogens is 1. The zero-order valence-corrected chi connectivity index (χ0v) is 31.1. The van der Waals surface area contributed by atoms with E-state index in [0.717, 1.165) is 31.0 Å². The van der Waals surface area contributed by atoms with Gasteiger partial charge in [0.05, 0.1) is 58.2 Å². The molecule has 0 N–H and O–H groups in total. The molecule has 268 valence electrons. The Hall–Kier alpha value is -3.75. The van der Waals surface area contributed by atoms with Gasteiger partial charge in [-0.25, -0.2) is 8.78 Å². The molecule has 12 heteroatoms. The summed E-state index contributed by atoms with van der Waals surface area (Å²) >= 11 is 0. The molecule has 7 rings (SSSR count). The van der Waals surface area contributed by atoms with Crippen molar-refractivity contribution in [3.63, 3.8) is 0 Å². The maximum absolute atomic E-state index is 14.1. The highest BCUT2D eigenvalue weighted by atomic mass is 127. The van der Waals surface area contributed by atoms with Crippen LogP contribution in [0.1, 0.15) is 43.0 Å². The van der Waals surface area contributed by atoms with Gasteiger partial charge < -0.3 is 52.1 Å². The van der Waals surface area contributed by atoms with Gasteiger partial charge in [-0.05, 0) is 56.9 Å². The average Bonchev–Trinajstić information content (AvgIpc) is 3.11.